The minimum absolute atomic E-state index is 0.163. The van der Waals surface area contributed by atoms with Crippen molar-refractivity contribution in [3.05, 3.63) is 70.1 Å². The number of carboxylic acid groups (broad SMARTS) is 1. The fourth-order valence-electron chi connectivity index (χ4n) is 1.93. The van der Waals surface area contributed by atoms with Crippen LogP contribution in [0.4, 0.5) is 0 Å². The minimum atomic E-state index is -1.11. The van der Waals surface area contributed by atoms with Gasteiger partial charge in [0.15, 0.2) is 0 Å². The smallest absolute Gasteiger partial charge is 0.323 e. The van der Waals surface area contributed by atoms with E-state index in [1.807, 2.05) is 18.2 Å². The number of nitrogens with one attached hydrogen (secondary N) is 1. The second-order valence-electron chi connectivity index (χ2n) is 4.48. The van der Waals surface area contributed by atoms with Crippen molar-refractivity contribution in [2.75, 3.05) is 6.54 Å². The van der Waals surface area contributed by atoms with Gasteiger partial charge in [-0.05, 0) is 11.6 Å². The summed E-state index contributed by atoms with van der Waals surface area (Å²) in [5.41, 5.74) is 0.573. The monoisotopic (exact) mass is 286 g/mol. The lowest BCUT2D eigenvalue weighted by atomic mass is 10.2. The van der Waals surface area contributed by atoms with Gasteiger partial charge in [0.2, 0.25) is 5.56 Å². The zero-order valence-corrected chi connectivity index (χ0v) is 11.2. The zero-order valence-electron chi connectivity index (χ0n) is 11.2. The summed E-state index contributed by atoms with van der Waals surface area (Å²) < 4.78 is 0. The average molecular weight is 286 g/mol. The molecule has 1 aromatic heterocycles. The molecule has 0 atom stereocenters. The molecule has 2 aromatic rings. The Hall–Kier alpha value is -2.89. The molecule has 0 radical (unpaired) electrons. The normalized spacial score (nSPS) is 10.1. The van der Waals surface area contributed by atoms with Crippen molar-refractivity contribution >= 4 is 11.9 Å². The summed E-state index contributed by atoms with van der Waals surface area (Å²) in [7, 11) is 0. The molecule has 108 valence electrons. The molecule has 0 aliphatic rings. The van der Waals surface area contributed by atoms with Crippen molar-refractivity contribution in [3.63, 3.8) is 0 Å². The van der Waals surface area contributed by atoms with E-state index < -0.39 is 24.0 Å². The highest BCUT2D eigenvalue weighted by molar-refractivity contribution is 5.95. The van der Waals surface area contributed by atoms with E-state index in [0.29, 0.717) is 0 Å². The SMILES string of the molecule is O=C(O)CN(Cc1ccccc1)C(=O)c1cc[nH]c(=O)c1. The molecule has 0 aliphatic heterocycles. The molecule has 6 heteroatoms. The number of benzene rings is 1. The number of aromatic amines is 1. The van der Waals surface area contributed by atoms with Crippen LogP contribution in [0, 0.1) is 0 Å². The predicted octanol–water partition coefficient (Wildman–Crippen LogP) is 1.10. The van der Waals surface area contributed by atoms with Gasteiger partial charge in [-0.25, -0.2) is 0 Å². The Morgan fingerprint density at radius 1 is 1.14 bits per heavy atom. The predicted molar refractivity (Wildman–Crippen MR) is 75.9 cm³/mol. The van der Waals surface area contributed by atoms with Crippen LogP contribution in [-0.4, -0.2) is 33.4 Å². The number of carbonyl (C=O) groups excluding carboxylic acids is 1. The maximum Gasteiger partial charge on any atom is 0.323 e. The van der Waals surface area contributed by atoms with Crippen LogP contribution in [0.3, 0.4) is 0 Å². The number of aliphatic carboxylic acids is 1. The van der Waals surface area contributed by atoms with Crippen LogP contribution in [0.2, 0.25) is 0 Å². The summed E-state index contributed by atoms with van der Waals surface area (Å²) in [6.07, 6.45) is 1.36. The molecular formula is C15H14N2O4. The first kappa shape index (κ1) is 14.5. The molecule has 0 fully saturated rings. The Morgan fingerprint density at radius 3 is 2.48 bits per heavy atom. The van der Waals surface area contributed by atoms with Crippen LogP contribution in [0.15, 0.2) is 53.5 Å². The van der Waals surface area contributed by atoms with Crippen LogP contribution in [0.25, 0.3) is 0 Å². The number of carbonyl (C=O) groups is 2. The van der Waals surface area contributed by atoms with E-state index in [1.54, 1.807) is 12.1 Å². The van der Waals surface area contributed by atoms with Gasteiger partial charge in [-0.1, -0.05) is 30.3 Å². The van der Waals surface area contributed by atoms with Gasteiger partial charge in [0.1, 0.15) is 6.54 Å². The summed E-state index contributed by atoms with van der Waals surface area (Å²) in [5.74, 6) is -1.60. The first-order chi connectivity index (χ1) is 10.1. The van der Waals surface area contributed by atoms with E-state index in [0.717, 1.165) is 11.6 Å². The van der Waals surface area contributed by atoms with E-state index in [-0.39, 0.29) is 12.1 Å². The lowest BCUT2D eigenvalue weighted by molar-refractivity contribution is -0.137. The molecule has 1 heterocycles. The number of nitrogens with zero attached hydrogens (tertiary/aromatic N) is 1. The number of H-pyrrole nitrogens is 1. The quantitative estimate of drug-likeness (QED) is 0.861. The van der Waals surface area contributed by atoms with Gasteiger partial charge in [-0.2, -0.15) is 0 Å². The van der Waals surface area contributed by atoms with Gasteiger partial charge in [0.05, 0.1) is 0 Å². The van der Waals surface area contributed by atoms with Gasteiger partial charge in [0.25, 0.3) is 5.91 Å². The Morgan fingerprint density at radius 2 is 1.86 bits per heavy atom. The summed E-state index contributed by atoms with van der Waals surface area (Å²) in [5, 5.41) is 8.95. The second-order valence-corrected chi connectivity index (χ2v) is 4.48. The first-order valence-corrected chi connectivity index (χ1v) is 6.30. The van der Waals surface area contributed by atoms with E-state index >= 15 is 0 Å². The summed E-state index contributed by atoms with van der Waals surface area (Å²) >= 11 is 0. The molecule has 0 unspecified atom stereocenters. The zero-order chi connectivity index (χ0) is 15.2. The Bertz CT molecular complexity index is 694. The van der Waals surface area contributed by atoms with Crippen LogP contribution in [0.1, 0.15) is 15.9 Å². The largest absolute Gasteiger partial charge is 0.480 e. The average Bonchev–Trinajstić information content (AvgIpc) is 2.46. The van der Waals surface area contributed by atoms with Crippen LogP contribution < -0.4 is 5.56 Å². The molecule has 0 saturated carbocycles. The Balaban J connectivity index is 2.25. The van der Waals surface area contributed by atoms with Crippen LogP contribution in [-0.2, 0) is 11.3 Å². The van der Waals surface area contributed by atoms with Crippen LogP contribution in [0.5, 0.6) is 0 Å². The number of hydrogen-bond donors (Lipinski definition) is 2. The first-order valence-electron chi connectivity index (χ1n) is 6.30. The highest BCUT2D eigenvalue weighted by Gasteiger charge is 2.19. The molecule has 6 nitrogen and oxygen atoms in total. The third kappa shape index (κ3) is 4.04. The topological polar surface area (TPSA) is 90.5 Å². The Kier molecular flexibility index (Phi) is 4.50. The van der Waals surface area contributed by atoms with E-state index in [4.69, 9.17) is 5.11 Å². The maximum absolute atomic E-state index is 12.3. The van der Waals surface area contributed by atoms with Crippen molar-refractivity contribution in [1.82, 2.24) is 9.88 Å². The number of amides is 1. The molecule has 0 spiro atoms. The molecule has 0 aliphatic carbocycles. The fraction of sp³-hybridized carbons (Fsp3) is 0.133. The number of hydrogen-bond acceptors (Lipinski definition) is 3. The Labute approximate surface area is 120 Å². The number of aromatic nitrogens is 1. The van der Waals surface area contributed by atoms with Gasteiger partial charge < -0.3 is 15.0 Å². The van der Waals surface area contributed by atoms with Gasteiger partial charge in [-0.3, -0.25) is 14.4 Å². The lowest BCUT2D eigenvalue weighted by Gasteiger charge is -2.20. The van der Waals surface area contributed by atoms with Crippen molar-refractivity contribution in [1.29, 1.82) is 0 Å². The molecule has 2 rings (SSSR count). The van der Waals surface area contributed by atoms with E-state index in [2.05, 4.69) is 4.98 Å². The van der Waals surface area contributed by atoms with Crippen molar-refractivity contribution in [2.45, 2.75) is 6.54 Å². The molecular weight excluding hydrogens is 272 g/mol. The van der Waals surface area contributed by atoms with Gasteiger partial charge >= 0.3 is 5.97 Å². The van der Waals surface area contributed by atoms with E-state index in [1.165, 1.54) is 17.2 Å². The summed E-state index contributed by atoms with van der Waals surface area (Å²) in [4.78, 5) is 38.1. The van der Waals surface area contributed by atoms with Crippen molar-refractivity contribution in [2.24, 2.45) is 0 Å². The highest BCUT2D eigenvalue weighted by atomic mass is 16.4. The number of pyridine rings is 1. The molecule has 1 aromatic carbocycles. The number of rotatable bonds is 5. The molecule has 0 saturated heterocycles. The lowest BCUT2D eigenvalue weighted by Crippen LogP contribution is -2.35. The molecule has 1 amide bonds. The van der Waals surface area contributed by atoms with Crippen LogP contribution >= 0.6 is 0 Å². The third-order valence-corrected chi connectivity index (χ3v) is 2.85. The third-order valence-electron chi connectivity index (χ3n) is 2.85. The fourth-order valence-corrected chi connectivity index (χ4v) is 1.93. The van der Waals surface area contributed by atoms with Gasteiger partial charge in [0, 0.05) is 24.4 Å². The van der Waals surface area contributed by atoms with E-state index in [9.17, 15) is 14.4 Å². The molecule has 21 heavy (non-hydrogen) atoms. The minimum Gasteiger partial charge on any atom is -0.480 e. The van der Waals surface area contributed by atoms with Crippen molar-refractivity contribution < 1.29 is 14.7 Å². The number of carboxylic acids is 1. The van der Waals surface area contributed by atoms with Crippen molar-refractivity contribution in [3.8, 4) is 0 Å². The summed E-state index contributed by atoms with van der Waals surface area (Å²) in [6.45, 7) is -0.265. The second kappa shape index (κ2) is 6.51. The molecule has 2 N–H and O–H groups in total. The maximum atomic E-state index is 12.3. The standard InChI is InChI=1S/C15H14N2O4/c18-13-8-12(6-7-16-13)15(21)17(10-14(19)20)9-11-4-2-1-3-5-11/h1-8H,9-10H2,(H,16,18)(H,19,20). The summed E-state index contributed by atoms with van der Waals surface area (Å²) in [6, 6.07) is 11.7. The van der Waals surface area contributed by atoms with Gasteiger partial charge in [-0.15, -0.1) is 0 Å². The molecule has 0 bridgehead atoms. The highest BCUT2D eigenvalue weighted by Crippen LogP contribution is 2.08.